The van der Waals surface area contributed by atoms with Crippen LogP contribution in [0, 0.1) is 6.92 Å². The van der Waals surface area contributed by atoms with Gasteiger partial charge in [-0.15, -0.1) is 0 Å². The van der Waals surface area contributed by atoms with Crippen LogP contribution in [0.5, 0.6) is 0 Å². The maximum Gasteiger partial charge on any atom is 0.128 e. The van der Waals surface area contributed by atoms with Crippen LogP contribution in [0.15, 0.2) is 18.2 Å². The fraction of sp³-hybridized carbons (Fsp3) is 0.688. The van der Waals surface area contributed by atoms with Crippen LogP contribution in [0.3, 0.4) is 0 Å². The van der Waals surface area contributed by atoms with E-state index in [1.165, 1.54) is 0 Å². The quantitative estimate of drug-likeness (QED) is 0.816. The van der Waals surface area contributed by atoms with E-state index in [9.17, 15) is 10.2 Å². The van der Waals surface area contributed by atoms with E-state index in [1.54, 1.807) is 6.92 Å². The first-order chi connectivity index (χ1) is 9.93. The number of hydrogen-bond donors (Lipinski definition) is 2. The molecule has 2 N–H and O–H groups in total. The van der Waals surface area contributed by atoms with Crippen LogP contribution in [0.4, 0.5) is 5.82 Å². The molecule has 0 aliphatic carbocycles. The molecule has 2 fully saturated rings. The van der Waals surface area contributed by atoms with Crippen molar-refractivity contribution in [3.63, 3.8) is 0 Å². The average molecular weight is 292 g/mol. The van der Waals surface area contributed by atoms with E-state index in [2.05, 4.69) is 9.88 Å². The molecule has 0 unspecified atom stereocenters. The molecular formula is C16H24N2O3. The summed E-state index contributed by atoms with van der Waals surface area (Å²) in [5.74, 6) is 0.974. The minimum Gasteiger partial charge on any atom is -0.387 e. The topological polar surface area (TPSA) is 65.8 Å². The molecule has 1 aromatic rings. The first-order valence-corrected chi connectivity index (χ1v) is 7.66. The number of aliphatic hydroxyl groups is 2. The molecule has 0 amide bonds. The number of rotatable bonds is 1. The SMILES string of the molecule is Cc1cccc(N2CCC3(CC2)OCC[C@@](C)(O)[C@@H]3O)n1. The average Bonchev–Trinajstić information content (AvgIpc) is 2.46. The molecule has 0 bridgehead atoms. The Morgan fingerprint density at radius 2 is 2.00 bits per heavy atom. The van der Waals surface area contributed by atoms with E-state index >= 15 is 0 Å². The van der Waals surface area contributed by atoms with Gasteiger partial charge in [-0.3, -0.25) is 0 Å². The Morgan fingerprint density at radius 1 is 1.29 bits per heavy atom. The van der Waals surface area contributed by atoms with Gasteiger partial charge < -0.3 is 19.8 Å². The summed E-state index contributed by atoms with van der Waals surface area (Å²) in [6, 6.07) is 6.01. The van der Waals surface area contributed by atoms with Crippen molar-refractivity contribution < 1.29 is 14.9 Å². The molecule has 2 atom stereocenters. The predicted octanol–water partition coefficient (Wildman–Crippen LogP) is 1.26. The van der Waals surface area contributed by atoms with E-state index in [0.717, 1.165) is 24.6 Å². The maximum atomic E-state index is 10.5. The highest BCUT2D eigenvalue weighted by Crippen LogP contribution is 2.40. The standard InChI is InChI=1S/C16H24N2O3/c1-12-4-3-5-13(17-12)18-9-6-16(7-10-18)14(19)15(2,20)8-11-21-16/h3-5,14,19-20H,6-11H2,1-2H3/t14-,15+/m0/s1. The lowest BCUT2D eigenvalue weighted by molar-refractivity contribution is -0.239. The van der Waals surface area contributed by atoms with Crippen LogP contribution < -0.4 is 4.90 Å². The molecule has 21 heavy (non-hydrogen) atoms. The minimum atomic E-state index is -1.05. The van der Waals surface area contributed by atoms with E-state index in [0.29, 0.717) is 25.9 Å². The Hall–Kier alpha value is -1.17. The summed E-state index contributed by atoms with van der Waals surface area (Å²) >= 11 is 0. The minimum absolute atomic E-state index is 0.485. The Morgan fingerprint density at radius 3 is 2.67 bits per heavy atom. The monoisotopic (exact) mass is 292 g/mol. The summed E-state index contributed by atoms with van der Waals surface area (Å²) in [6.07, 6.45) is 1.07. The lowest BCUT2D eigenvalue weighted by Gasteiger charge is -2.51. The largest absolute Gasteiger partial charge is 0.387 e. The van der Waals surface area contributed by atoms with Gasteiger partial charge in [0.15, 0.2) is 0 Å². The van der Waals surface area contributed by atoms with Gasteiger partial charge in [0.25, 0.3) is 0 Å². The van der Waals surface area contributed by atoms with Gasteiger partial charge in [0.05, 0.1) is 12.2 Å². The molecule has 0 saturated carbocycles. The first kappa shape index (κ1) is 14.8. The van der Waals surface area contributed by atoms with Gasteiger partial charge in [0.2, 0.25) is 0 Å². The second kappa shape index (κ2) is 5.23. The highest BCUT2D eigenvalue weighted by atomic mass is 16.5. The van der Waals surface area contributed by atoms with Crippen molar-refractivity contribution in [2.75, 3.05) is 24.6 Å². The molecule has 116 valence electrons. The highest BCUT2D eigenvalue weighted by Gasteiger charge is 2.52. The van der Waals surface area contributed by atoms with Gasteiger partial charge in [0, 0.05) is 25.2 Å². The molecule has 2 aliphatic rings. The van der Waals surface area contributed by atoms with Gasteiger partial charge in [-0.1, -0.05) is 6.07 Å². The van der Waals surface area contributed by atoms with E-state index in [-0.39, 0.29) is 0 Å². The zero-order valence-corrected chi connectivity index (χ0v) is 12.7. The fourth-order valence-electron chi connectivity index (χ4n) is 3.48. The van der Waals surface area contributed by atoms with Gasteiger partial charge >= 0.3 is 0 Å². The molecule has 2 saturated heterocycles. The molecule has 1 aromatic heterocycles. The summed E-state index contributed by atoms with van der Waals surface area (Å²) in [5, 5.41) is 20.8. The van der Waals surface area contributed by atoms with E-state index in [4.69, 9.17) is 4.74 Å². The number of aromatic nitrogens is 1. The van der Waals surface area contributed by atoms with Crippen LogP contribution in [0.1, 0.15) is 31.9 Å². The summed E-state index contributed by atoms with van der Waals surface area (Å²) < 4.78 is 5.91. The number of pyridine rings is 1. The summed E-state index contributed by atoms with van der Waals surface area (Å²) in [5.41, 5.74) is -0.658. The Bertz CT molecular complexity index is 510. The first-order valence-electron chi connectivity index (χ1n) is 7.66. The Balaban J connectivity index is 1.72. The predicted molar refractivity (Wildman–Crippen MR) is 80.4 cm³/mol. The van der Waals surface area contributed by atoms with E-state index < -0.39 is 17.3 Å². The second-order valence-corrected chi connectivity index (χ2v) is 6.55. The van der Waals surface area contributed by atoms with Crippen molar-refractivity contribution in [2.24, 2.45) is 0 Å². The van der Waals surface area contributed by atoms with Gasteiger partial charge in [0.1, 0.15) is 17.5 Å². The molecule has 0 radical (unpaired) electrons. The van der Waals surface area contributed by atoms with Crippen LogP contribution in [-0.4, -0.2) is 52.2 Å². The number of anilines is 1. The van der Waals surface area contributed by atoms with Crippen molar-refractivity contribution in [1.82, 2.24) is 4.98 Å². The molecular weight excluding hydrogens is 268 g/mol. The number of aliphatic hydroxyl groups excluding tert-OH is 1. The molecule has 2 aliphatic heterocycles. The molecule has 1 spiro atoms. The molecule has 5 heteroatoms. The summed E-state index contributed by atoms with van der Waals surface area (Å²) in [6.45, 7) is 5.76. The van der Waals surface area contributed by atoms with Crippen molar-refractivity contribution in [1.29, 1.82) is 0 Å². The summed E-state index contributed by atoms with van der Waals surface area (Å²) in [4.78, 5) is 6.77. The normalized spacial score (nSPS) is 32.4. The number of aryl methyl sites for hydroxylation is 1. The van der Waals surface area contributed by atoms with E-state index in [1.807, 2.05) is 25.1 Å². The van der Waals surface area contributed by atoms with Gasteiger partial charge in [-0.05, 0) is 38.8 Å². The molecule has 5 nitrogen and oxygen atoms in total. The lowest BCUT2D eigenvalue weighted by Crippen LogP contribution is -2.64. The maximum absolute atomic E-state index is 10.5. The van der Waals surface area contributed by atoms with Crippen molar-refractivity contribution in [2.45, 2.75) is 50.4 Å². The smallest absolute Gasteiger partial charge is 0.128 e. The van der Waals surface area contributed by atoms with Gasteiger partial charge in [-0.25, -0.2) is 4.98 Å². The third-order valence-corrected chi connectivity index (χ3v) is 4.89. The van der Waals surface area contributed by atoms with Crippen LogP contribution in [0.2, 0.25) is 0 Å². The Labute approximate surface area is 125 Å². The van der Waals surface area contributed by atoms with Crippen molar-refractivity contribution >= 4 is 5.82 Å². The zero-order valence-electron chi connectivity index (χ0n) is 12.7. The number of nitrogens with zero attached hydrogens (tertiary/aromatic N) is 2. The van der Waals surface area contributed by atoms with Crippen LogP contribution >= 0.6 is 0 Å². The third-order valence-electron chi connectivity index (χ3n) is 4.89. The van der Waals surface area contributed by atoms with Gasteiger partial charge in [-0.2, -0.15) is 0 Å². The zero-order chi connectivity index (χ0) is 15.1. The number of ether oxygens (including phenoxy) is 1. The summed E-state index contributed by atoms with van der Waals surface area (Å²) in [7, 11) is 0. The van der Waals surface area contributed by atoms with Crippen LogP contribution in [0.25, 0.3) is 0 Å². The molecule has 3 heterocycles. The second-order valence-electron chi connectivity index (χ2n) is 6.55. The van der Waals surface area contributed by atoms with Crippen molar-refractivity contribution in [3.05, 3.63) is 23.9 Å². The highest BCUT2D eigenvalue weighted by molar-refractivity contribution is 5.40. The Kier molecular flexibility index (Phi) is 3.67. The number of piperidine rings is 1. The van der Waals surface area contributed by atoms with Crippen LogP contribution in [-0.2, 0) is 4.74 Å². The number of hydrogen-bond acceptors (Lipinski definition) is 5. The fourth-order valence-corrected chi connectivity index (χ4v) is 3.48. The lowest BCUT2D eigenvalue weighted by atomic mass is 9.75. The third kappa shape index (κ3) is 2.65. The molecule has 0 aromatic carbocycles. The molecule has 3 rings (SSSR count). The van der Waals surface area contributed by atoms with Crippen molar-refractivity contribution in [3.8, 4) is 0 Å².